The first-order valence-corrected chi connectivity index (χ1v) is 5.95. The number of hydrogen-bond donors (Lipinski definition) is 2. The Morgan fingerprint density at radius 3 is 2.88 bits per heavy atom. The minimum absolute atomic E-state index is 0.304. The molecule has 0 amide bonds. The lowest BCUT2D eigenvalue weighted by atomic mass is 10.2. The second kappa shape index (κ2) is 4.99. The summed E-state index contributed by atoms with van der Waals surface area (Å²) in [7, 11) is 0. The zero-order chi connectivity index (χ0) is 11.4. The Morgan fingerprint density at radius 2 is 2.19 bits per heavy atom. The number of nitrogens with two attached hydrogens (primary N) is 1. The number of nitrogens with one attached hydrogen (secondary N) is 1. The molecule has 0 aliphatic heterocycles. The number of rotatable bonds is 4. The van der Waals surface area contributed by atoms with Crippen molar-refractivity contribution in [1.29, 1.82) is 0 Å². The van der Waals surface area contributed by atoms with E-state index < -0.39 is 0 Å². The second-order valence-electron chi connectivity index (χ2n) is 3.49. The summed E-state index contributed by atoms with van der Waals surface area (Å²) in [6, 6.07) is 8.53. The maximum absolute atomic E-state index is 12.8. The lowest BCUT2D eigenvalue weighted by Gasteiger charge is -2.08. The third-order valence-electron chi connectivity index (χ3n) is 2.28. The number of hydrogen-bond acceptors (Lipinski definition) is 3. The van der Waals surface area contributed by atoms with Gasteiger partial charge in [0.25, 0.3) is 0 Å². The molecule has 2 rings (SSSR count). The van der Waals surface area contributed by atoms with Gasteiger partial charge in [-0.2, -0.15) is 0 Å². The van der Waals surface area contributed by atoms with E-state index >= 15 is 0 Å². The Bertz CT molecular complexity index is 454. The fourth-order valence-electron chi connectivity index (χ4n) is 1.47. The van der Waals surface area contributed by atoms with Crippen molar-refractivity contribution in [1.82, 2.24) is 0 Å². The van der Waals surface area contributed by atoms with Crippen LogP contribution < -0.4 is 11.1 Å². The number of thiophene rings is 1. The van der Waals surface area contributed by atoms with Crippen LogP contribution in [0.3, 0.4) is 0 Å². The summed E-state index contributed by atoms with van der Waals surface area (Å²) in [5, 5.41) is 5.25. The molecule has 16 heavy (non-hydrogen) atoms. The van der Waals surface area contributed by atoms with Crippen LogP contribution in [0.1, 0.15) is 4.88 Å². The van der Waals surface area contributed by atoms with Crippen molar-refractivity contribution in [2.24, 2.45) is 0 Å². The van der Waals surface area contributed by atoms with Gasteiger partial charge in [-0.05, 0) is 36.1 Å². The molecule has 0 fully saturated rings. The molecular weight excluding hydrogens is 223 g/mol. The van der Waals surface area contributed by atoms with Crippen LogP contribution >= 0.6 is 11.3 Å². The van der Waals surface area contributed by atoms with Gasteiger partial charge in [0.15, 0.2) is 0 Å². The number of benzene rings is 1. The standard InChI is InChI=1S/C12H13FN2S/c13-9-3-4-12(11(14)8-9)15-6-5-10-2-1-7-16-10/h1-4,7-8,15H,5-6,14H2. The van der Waals surface area contributed by atoms with Crippen LogP contribution in [-0.4, -0.2) is 6.54 Å². The molecular formula is C12H13FN2S. The molecule has 84 valence electrons. The lowest BCUT2D eigenvalue weighted by Crippen LogP contribution is -2.06. The van der Waals surface area contributed by atoms with Crippen molar-refractivity contribution in [2.45, 2.75) is 6.42 Å². The number of anilines is 2. The van der Waals surface area contributed by atoms with Crippen molar-refractivity contribution in [3.63, 3.8) is 0 Å². The molecule has 0 saturated heterocycles. The largest absolute Gasteiger partial charge is 0.397 e. The smallest absolute Gasteiger partial charge is 0.125 e. The Balaban J connectivity index is 1.90. The Kier molecular flexibility index (Phi) is 3.41. The van der Waals surface area contributed by atoms with Gasteiger partial charge in [-0.25, -0.2) is 4.39 Å². The van der Waals surface area contributed by atoms with Crippen LogP contribution in [-0.2, 0) is 6.42 Å². The maximum Gasteiger partial charge on any atom is 0.125 e. The van der Waals surface area contributed by atoms with Crippen LogP contribution in [0.5, 0.6) is 0 Å². The number of nitrogen functional groups attached to an aromatic ring is 1. The average molecular weight is 236 g/mol. The second-order valence-corrected chi connectivity index (χ2v) is 4.52. The molecule has 0 atom stereocenters. The summed E-state index contributed by atoms with van der Waals surface area (Å²) in [6.07, 6.45) is 0.953. The SMILES string of the molecule is Nc1cc(F)ccc1NCCc1cccs1. The fourth-order valence-corrected chi connectivity index (χ4v) is 2.18. The highest BCUT2D eigenvalue weighted by molar-refractivity contribution is 7.09. The van der Waals surface area contributed by atoms with Crippen LogP contribution in [0.4, 0.5) is 15.8 Å². The molecule has 0 bridgehead atoms. The third kappa shape index (κ3) is 2.73. The van der Waals surface area contributed by atoms with E-state index in [-0.39, 0.29) is 5.82 Å². The van der Waals surface area contributed by atoms with Gasteiger partial charge in [0.05, 0.1) is 11.4 Å². The molecule has 0 unspecified atom stereocenters. The molecule has 1 aromatic carbocycles. The predicted octanol–water partition coefficient (Wildman–Crippen LogP) is 3.12. The van der Waals surface area contributed by atoms with Crippen LogP contribution in [0.25, 0.3) is 0 Å². The summed E-state index contributed by atoms with van der Waals surface area (Å²) in [5.74, 6) is -0.304. The van der Waals surface area contributed by atoms with Crippen LogP contribution in [0, 0.1) is 5.82 Å². The quantitative estimate of drug-likeness (QED) is 0.800. The first-order valence-electron chi connectivity index (χ1n) is 5.07. The molecule has 0 radical (unpaired) electrons. The van der Waals surface area contributed by atoms with E-state index in [0.717, 1.165) is 18.7 Å². The van der Waals surface area contributed by atoms with Crippen molar-refractivity contribution < 1.29 is 4.39 Å². The monoisotopic (exact) mass is 236 g/mol. The van der Waals surface area contributed by atoms with Gasteiger partial charge in [0, 0.05) is 11.4 Å². The van der Waals surface area contributed by atoms with E-state index in [1.54, 1.807) is 17.4 Å². The van der Waals surface area contributed by atoms with Crippen LogP contribution in [0.15, 0.2) is 35.7 Å². The van der Waals surface area contributed by atoms with E-state index in [2.05, 4.69) is 16.8 Å². The van der Waals surface area contributed by atoms with E-state index in [4.69, 9.17) is 5.73 Å². The summed E-state index contributed by atoms with van der Waals surface area (Å²) in [5.41, 5.74) is 6.92. The molecule has 0 saturated carbocycles. The van der Waals surface area contributed by atoms with Crippen molar-refractivity contribution in [3.05, 3.63) is 46.4 Å². The Labute approximate surface area is 97.9 Å². The van der Waals surface area contributed by atoms with Gasteiger partial charge in [-0.15, -0.1) is 11.3 Å². The molecule has 3 N–H and O–H groups in total. The normalized spacial score (nSPS) is 10.3. The van der Waals surface area contributed by atoms with Gasteiger partial charge < -0.3 is 11.1 Å². The van der Waals surface area contributed by atoms with Crippen molar-refractivity contribution in [3.8, 4) is 0 Å². The third-order valence-corrected chi connectivity index (χ3v) is 3.22. The number of halogens is 1. The Morgan fingerprint density at radius 1 is 1.31 bits per heavy atom. The molecule has 4 heteroatoms. The molecule has 1 aromatic heterocycles. The van der Waals surface area contributed by atoms with Gasteiger partial charge in [0.2, 0.25) is 0 Å². The summed E-state index contributed by atoms with van der Waals surface area (Å²) in [6.45, 7) is 0.802. The van der Waals surface area contributed by atoms with E-state index in [1.807, 2.05) is 6.07 Å². The first kappa shape index (κ1) is 11.0. The van der Waals surface area contributed by atoms with Gasteiger partial charge in [-0.3, -0.25) is 0 Å². The molecule has 2 nitrogen and oxygen atoms in total. The predicted molar refractivity (Wildman–Crippen MR) is 67.3 cm³/mol. The molecule has 1 heterocycles. The molecule has 2 aromatic rings. The zero-order valence-corrected chi connectivity index (χ0v) is 9.56. The Hall–Kier alpha value is -1.55. The van der Waals surface area contributed by atoms with E-state index in [1.165, 1.54) is 17.0 Å². The summed E-state index contributed by atoms with van der Waals surface area (Å²) < 4.78 is 12.8. The minimum Gasteiger partial charge on any atom is -0.397 e. The fraction of sp³-hybridized carbons (Fsp3) is 0.167. The first-order chi connectivity index (χ1) is 7.75. The van der Waals surface area contributed by atoms with Crippen molar-refractivity contribution >= 4 is 22.7 Å². The van der Waals surface area contributed by atoms with E-state index in [9.17, 15) is 4.39 Å². The molecule has 0 aliphatic carbocycles. The lowest BCUT2D eigenvalue weighted by molar-refractivity contribution is 0.628. The topological polar surface area (TPSA) is 38.0 Å². The highest BCUT2D eigenvalue weighted by Gasteiger charge is 2.00. The van der Waals surface area contributed by atoms with Crippen LogP contribution in [0.2, 0.25) is 0 Å². The van der Waals surface area contributed by atoms with Gasteiger partial charge >= 0.3 is 0 Å². The zero-order valence-electron chi connectivity index (χ0n) is 8.74. The molecule has 0 aliphatic rings. The van der Waals surface area contributed by atoms with E-state index in [0.29, 0.717) is 5.69 Å². The molecule has 0 spiro atoms. The maximum atomic E-state index is 12.8. The highest BCUT2D eigenvalue weighted by Crippen LogP contribution is 2.19. The van der Waals surface area contributed by atoms with Gasteiger partial charge in [0.1, 0.15) is 5.82 Å². The summed E-state index contributed by atoms with van der Waals surface area (Å²) in [4.78, 5) is 1.33. The average Bonchev–Trinajstić information content (AvgIpc) is 2.74. The van der Waals surface area contributed by atoms with Gasteiger partial charge in [-0.1, -0.05) is 6.07 Å². The summed E-state index contributed by atoms with van der Waals surface area (Å²) >= 11 is 1.73. The highest BCUT2D eigenvalue weighted by atomic mass is 32.1. The minimum atomic E-state index is -0.304. The van der Waals surface area contributed by atoms with Crippen molar-refractivity contribution in [2.75, 3.05) is 17.6 Å².